The molecule has 0 saturated carbocycles. The summed E-state index contributed by atoms with van der Waals surface area (Å²) in [5.74, 6) is 0. The van der Waals surface area contributed by atoms with E-state index in [-0.39, 0.29) is 11.0 Å². The Labute approximate surface area is 120 Å². The Kier molecular flexibility index (Phi) is 5.54. The molecule has 1 aliphatic heterocycles. The lowest BCUT2D eigenvalue weighted by atomic mass is 10.1. The Hall–Kier alpha value is -0.950. The summed E-state index contributed by atoms with van der Waals surface area (Å²) < 4.78 is 32.4. The van der Waals surface area contributed by atoms with Gasteiger partial charge in [0.1, 0.15) is 0 Å². The van der Waals surface area contributed by atoms with Gasteiger partial charge in [-0.05, 0) is 43.4 Å². The lowest BCUT2D eigenvalue weighted by molar-refractivity contribution is 0.0123. The first-order valence-electron chi connectivity index (χ1n) is 7.02. The number of benzene rings is 1. The molecule has 2 rings (SSSR count). The van der Waals surface area contributed by atoms with Crippen molar-refractivity contribution < 1.29 is 13.2 Å². The van der Waals surface area contributed by atoms with Gasteiger partial charge in [0.15, 0.2) is 0 Å². The molecule has 1 aliphatic rings. The Bertz CT molecular complexity index is 508. The fourth-order valence-electron chi connectivity index (χ4n) is 2.28. The van der Waals surface area contributed by atoms with E-state index in [4.69, 9.17) is 10.5 Å². The quantitative estimate of drug-likeness (QED) is 0.831. The van der Waals surface area contributed by atoms with Gasteiger partial charge in [0.05, 0.1) is 11.0 Å². The first-order valence-corrected chi connectivity index (χ1v) is 8.50. The molecular formula is C14H22N2O3S. The van der Waals surface area contributed by atoms with E-state index in [1.807, 2.05) is 0 Å². The third-order valence-corrected chi connectivity index (χ3v) is 4.98. The molecule has 5 nitrogen and oxygen atoms in total. The Morgan fingerprint density at radius 1 is 1.25 bits per heavy atom. The molecule has 0 aromatic heterocycles. The summed E-state index contributed by atoms with van der Waals surface area (Å²) >= 11 is 0. The molecule has 0 aliphatic carbocycles. The zero-order valence-electron chi connectivity index (χ0n) is 11.5. The first-order chi connectivity index (χ1) is 9.62. The van der Waals surface area contributed by atoms with Crippen LogP contribution >= 0.6 is 0 Å². The molecule has 1 saturated heterocycles. The van der Waals surface area contributed by atoms with Crippen LogP contribution in [0.2, 0.25) is 0 Å². The smallest absolute Gasteiger partial charge is 0.240 e. The summed E-state index contributed by atoms with van der Waals surface area (Å²) in [7, 11) is -3.43. The van der Waals surface area contributed by atoms with Crippen molar-refractivity contribution in [2.45, 2.75) is 43.2 Å². The minimum Gasteiger partial charge on any atom is -0.378 e. The molecule has 1 fully saturated rings. The van der Waals surface area contributed by atoms with E-state index in [0.717, 1.165) is 37.9 Å². The highest BCUT2D eigenvalue weighted by molar-refractivity contribution is 7.89. The Morgan fingerprint density at radius 2 is 2.00 bits per heavy atom. The minimum atomic E-state index is -3.43. The summed E-state index contributed by atoms with van der Waals surface area (Å²) in [4.78, 5) is 0.277. The SMILES string of the molecule is NCc1ccc(S(=O)(=O)NCCC2CCCCO2)cc1. The normalized spacial score (nSPS) is 19.9. The molecule has 1 atom stereocenters. The summed E-state index contributed by atoms with van der Waals surface area (Å²) in [5.41, 5.74) is 6.41. The van der Waals surface area contributed by atoms with Crippen molar-refractivity contribution in [1.29, 1.82) is 0 Å². The van der Waals surface area contributed by atoms with E-state index in [2.05, 4.69) is 4.72 Å². The second-order valence-corrected chi connectivity index (χ2v) is 6.79. The predicted octanol–water partition coefficient (Wildman–Crippen LogP) is 1.38. The molecule has 0 radical (unpaired) electrons. The fourth-order valence-corrected chi connectivity index (χ4v) is 3.33. The van der Waals surface area contributed by atoms with Crippen molar-refractivity contribution in [1.82, 2.24) is 4.72 Å². The molecule has 1 unspecified atom stereocenters. The van der Waals surface area contributed by atoms with Crippen molar-refractivity contribution in [3.63, 3.8) is 0 Å². The highest BCUT2D eigenvalue weighted by Gasteiger charge is 2.17. The van der Waals surface area contributed by atoms with Crippen LogP contribution in [0.15, 0.2) is 29.2 Å². The van der Waals surface area contributed by atoms with Gasteiger partial charge in [-0.3, -0.25) is 0 Å². The highest BCUT2D eigenvalue weighted by Crippen LogP contribution is 2.15. The molecule has 20 heavy (non-hydrogen) atoms. The van der Waals surface area contributed by atoms with Crippen LogP contribution in [0, 0.1) is 0 Å². The third kappa shape index (κ3) is 4.28. The van der Waals surface area contributed by atoms with E-state index in [1.54, 1.807) is 24.3 Å². The highest BCUT2D eigenvalue weighted by atomic mass is 32.2. The van der Waals surface area contributed by atoms with Gasteiger partial charge < -0.3 is 10.5 Å². The summed E-state index contributed by atoms with van der Waals surface area (Å²) in [6.45, 7) is 1.61. The van der Waals surface area contributed by atoms with Crippen molar-refractivity contribution in [2.24, 2.45) is 5.73 Å². The molecule has 112 valence electrons. The molecule has 0 amide bonds. The van der Waals surface area contributed by atoms with Crippen LogP contribution in [0.5, 0.6) is 0 Å². The van der Waals surface area contributed by atoms with Gasteiger partial charge in [-0.1, -0.05) is 12.1 Å². The number of hydrogen-bond acceptors (Lipinski definition) is 4. The van der Waals surface area contributed by atoms with Crippen molar-refractivity contribution in [2.75, 3.05) is 13.2 Å². The topological polar surface area (TPSA) is 81.4 Å². The maximum absolute atomic E-state index is 12.1. The van der Waals surface area contributed by atoms with Gasteiger partial charge in [0, 0.05) is 19.7 Å². The zero-order chi connectivity index (χ0) is 14.4. The number of hydrogen-bond donors (Lipinski definition) is 2. The van der Waals surface area contributed by atoms with Crippen LogP contribution in [0.25, 0.3) is 0 Å². The van der Waals surface area contributed by atoms with Crippen LogP contribution in [-0.4, -0.2) is 27.7 Å². The standard InChI is InChI=1S/C14H22N2O3S/c15-11-12-4-6-14(7-5-12)20(17,18)16-9-8-13-3-1-2-10-19-13/h4-7,13,16H,1-3,8-11,15H2. The van der Waals surface area contributed by atoms with Crippen LogP contribution in [0.3, 0.4) is 0 Å². The van der Waals surface area contributed by atoms with Crippen molar-refractivity contribution >= 4 is 10.0 Å². The lowest BCUT2D eigenvalue weighted by Gasteiger charge is -2.22. The van der Waals surface area contributed by atoms with Crippen LogP contribution in [-0.2, 0) is 21.3 Å². The summed E-state index contributed by atoms with van der Waals surface area (Å²) in [6, 6.07) is 6.64. The molecule has 0 bridgehead atoms. The predicted molar refractivity (Wildman–Crippen MR) is 77.7 cm³/mol. The molecule has 3 N–H and O–H groups in total. The van der Waals surface area contributed by atoms with E-state index in [1.165, 1.54) is 0 Å². The summed E-state index contributed by atoms with van der Waals surface area (Å²) in [6.07, 6.45) is 4.20. The average Bonchev–Trinajstić information content (AvgIpc) is 2.48. The van der Waals surface area contributed by atoms with Crippen LogP contribution in [0.4, 0.5) is 0 Å². The minimum absolute atomic E-state index is 0.186. The molecule has 6 heteroatoms. The van der Waals surface area contributed by atoms with E-state index < -0.39 is 10.0 Å². The second kappa shape index (κ2) is 7.17. The number of sulfonamides is 1. The monoisotopic (exact) mass is 298 g/mol. The van der Waals surface area contributed by atoms with E-state index in [0.29, 0.717) is 13.1 Å². The zero-order valence-corrected chi connectivity index (χ0v) is 12.4. The largest absolute Gasteiger partial charge is 0.378 e. The Morgan fingerprint density at radius 3 is 2.60 bits per heavy atom. The van der Waals surface area contributed by atoms with E-state index >= 15 is 0 Å². The maximum Gasteiger partial charge on any atom is 0.240 e. The number of nitrogens with two attached hydrogens (primary N) is 1. The van der Waals surface area contributed by atoms with Gasteiger partial charge in [-0.2, -0.15) is 0 Å². The van der Waals surface area contributed by atoms with Crippen LogP contribution < -0.4 is 10.5 Å². The van der Waals surface area contributed by atoms with Crippen molar-refractivity contribution in [3.8, 4) is 0 Å². The second-order valence-electron chi connectivity index (χ2n) is 5.02. The molecule has 1 heterocycles. The van der Waals surface area contributed by atoms with Gasteiger partial charge in [-0.15, -0.1) is 0 Å². The molecular weight excluding hydrogens is 276 g/mol. The van der Waals surface area contributed by atoms with Gasteiger partial charge in [0.2, 0.25) is 10.0 Å². The van der Waals surface area contributed by atoms with Gasteiger partial charge in [0.25, 0.3) is 0 Å². The summed E-state index contributed by atoms with van der Waals surface area (Å²) in [5, 5.41) is 0. The number of ether oxygens (including phenoxy) is 1. The maximum atomic E-state index is 12.1. The van der Waals surface area contributed by atoms with Gasteiger partial charge in [-0.25, -0.2) is 13.1 Å². The average molecular weight is 298 g/mol. The third-order valence-electron chi connectivity index (χ3n) is 3.50. The lowest BCUT2D eigenvalue weighted by Crippen LogP contribution is -2.29. The number of rotatable bonds is 6. The van der Waals surface area contributed by atoms with Crippen LogP contribution in [0.1, 0.15) is 31.2 Å². The first kappa shape index (κ1) is 15.4. The Balaban J connectivity index is 1.86. The molecule has 0 spiro atoms. The van der Waals surface area contributed by atoms with E-state index in [9.17, 15) is 8.42 Å². The van der Waals surface area contributed by atoms with Gasteiger partial charge >= 0.3 is 0 Å². The molecule has 1 aromatic rings. The van der Waals surface area contributed by atoms with Crippen molar-refractivity contribution in [3.05, 3.63) is 29.8 Å². The number of nitrogens with one attached hydrogen (secondary N) is 1. The fraction of sp³-hybridized carbons (Fsp3) is 0.571. The molecule has 1 aromatic carbocycles.